The number of rotatable bonds is 5. The summed E-state index contributed by atoms with van der Waals surface area (Å²) in [6, 6.07) is 16.9. The Labute approximate surface area is 194 Å². The lowest BCUT2D eigenvalue weighted by molar-refractivity contribution is 0.144. The van der Waals surface area contributed by atoms with Gasteiger partial charge >= 0.3 is 6.16 Å². The fourth-order valence-electron chi connectivity index (χ4n) is 3.43. The first-order valence-corrected chi connectivity index (χ1v) is 10.4. The molecule has 0 spiro atoms. The summed E-state index contributed by atoms with van der Waals surface area (Å²) in [5.74, 6) is 0.0183. The van der Waals surface area contributed by atoms with Crippen LogP contribution in [0.25, 0.3) is 16.8 Å². The number of nitrogens with zero attached hydrogens (tertiary/aromatic N) is 3. The summed E-state index contributed by atoms with van der Waals surface area (Å²) >= 11 is 0. The summed E-state index contributed by atoms with van der Waals surface area (Å²) in [6.45, 7) is 5.70. The topological polar surface area (TPSA) is 129 Å². The van der Waals surface area contributed by atoms with Gasteiger partial charge in [0.25, 0.3) is 5.56 Å². The lowest BCUT2D eigenvalue weighted by atomic mass is 10.0. The molecule has 1 heterocycles. The van der Waals surface area contributed by atoms with Crippen LogP contribution >= 0.6 is 0 Å². The highest BCUT2D eigenvalue weighted by Gasteiger charge is 2.13. The van der Waals surface area contributed by atoms with Gasteiger partial charge in [0.15, 0.2) is 5.69 Å². The van der Waals surface area contributed by atoms with Crippen LogP contribution in [-0.4, -0.2) is 26.1 Å². The molecule has 1 aromatic heterocycles. The van der Waals surface area contributed by atoms with Crippen molar-refractivity contribution in [3.05, 3.63) is 87.8 Å². The Morgan fingerprint density at radius 3 is 2.41 bits per heavy atom. The van der Waals surface area contributed by atoms with Crippen molar-refractivity contribution in [1.82, 2.24) is 9.78 Å². The van der Waals surface area contributed by atoms with Crippen molar-refractivity contribution >= 4 is 17.5 Å². The Bertz CT molecular complexity index is 1480. The minimum absolute atomic E-state index is 0.139. The zero-order valence-corrected chi connectivity index (χ0v) is 18.7. The number of carbonyl (C=O) groups is 1. The van der Waals surface area contributed by atoms with E-state index >= 15 is 0 Å². The number of carboxylic acid groups (broad SMARTS) is 1. The maximum atomic E-state index is 12.9. The minimum atomic E-state index is -1.41. The Morgan fingerprint density at radius 1 is 0.941 bits per heavy atom. The summed E-state index contributed by atoms with van der Waals surface area (Å²) in [5.41, 5.74) is 4.66. The summed E-state index contributed by atoms with van der Waals surface area (Å²) in [4.78, 5) is 23.7. The SMILES string of the molecule is Cc1ccc(-n2[nH]c(C)c(N=Nc3ccc(-c4cccc(OC(=O)O)c4)cc3O)c2=O)cc1C. The lowest BCUT2D eigenvalue weighted by Crippen LogP contribution is -2.14. The van der Waals surface area contributed by atoms with Gasteiger partial charge in [0, 0.05) is 0 Å². The molecule has 0 atom stereocenters. The number of phenols is 1. The van der Waals surface area contributed by atoms with E-state index in [-0.39, 0.29) is 28.4 Å². The van der Waals surface area contributed by atoms with Crippen LogP contribution in [0.1, 0.15) is 16.8 Å². The average molecular weight is 458 g/mol. The first-order valence-electron chi connectivity index (χ1n) is 10.4. The molecule has 9 nitrogen and oxygen atoms in total. The van der Waals surface area contributed by atoms with Gasteiger partial charge in [-0.25, -0.2) is 9.48 Å². The Kier molecular flexibility index (Phi) is 6.01. The van der Waals surface area contributed by atoms with Gasteiger partial charge in [0.1, 0.15) is 17.2 Å². The number of aryl methyl sites for hydroxylation is 3. The van der Waals surface area contributed by atoms with E-state index in [4.69, 9.17) is 5.11 Å². The summed E-state index contributed by atoms with van der Waals surface area (Å²) in [5, 5.41) is 30.4. The van der Waals surface area contributed by atoms with E-state index in [0.29, 0.717) is 22.5 Å². The molecule has 4 aromatic rings. The number of H-pyrrole nitrogens is 1. The largest absolute Gasteiger partial charge is 0.511 e. The second-order valence-electron chi connectivity index (χ2n) is 7.79. The number of ether oxygens (including phenoxy) is 1. The van der Waals surface area contributed by atoms with E-state index in [1.807, 2.05) is 32.0 Å². The van der Waals surface area contributed by atoms with Crippen molar-refractivity contribution in [2.75, 3.05) is 0 Å². The van der Waals surface area contributed by atoms with E-state index in [1.165, 1.54) is 16.8 Å². The molecule has 34 heavy (non-hydrogen) atoms. The van der Waals surface area contributed by atoms with Gasteiger partial charge in [-0.1, -0.05) is 24.3 Å². The highest BCUT2D eigenvalue weighted by molar-refractivity contribution is 5.71. The first kappa shape index (κ1) is 22.5. The first-order chi connectivity index (χ1) is 16.2. The van der Waals surface area contributed by atoms with E-state index in [9.17, 15) is 14.7 Å². The molecule has 0 saturated carbocycles. The number of aromatic hydroxyl groups is 1. The van der Waals surface area contributed by atoms with Crippen LogP contribution in [0.2, 0.25) is 0 Å². The highest BCUT2D eigenvalue weighted by Crippen LogP contribution is 2.34. The van der Waals surface area contributed by atoms with Gasteiger partial charge in [-0.3, -0.25) is 9.89 Å². The molecule has 4 rings (SSSR count). The van der Waals surface area contributed by atoms with Crippen LogP contribution < -0.4 is 10.3 Å². The standard InChI is InChI=1S/C25H22N4O5/c1-14-7-9-19(11-15(14)2)29-24(31)23(16(3)28-29)27-26-21-10-8-18(13-22(21)30)17-5-4-6-20(12-17)34-25(32)33/h4-13,28,30H,1-3H3,(H,32,33). The second kappa shape index (κ2) is 9.07. The average Bonchev–Trinajstić information content (AvgIpc) is 3.08. The molecule has 0 aliphatic heterocycles. The monoisotopic (exact) mass is 458 g/mol. The number of phenolic OH excluding ortho intramolecular Hbond substituents is 1. The van der Waals surface area contributed by atoms with Crippen molar-refractivity contribution in [3.63, 3.8) is 0 Å². The number of aromatic amines is 1. The van der Waals surface area contributed by atoms with Crippen LogP contribution in [0.4, 0.5) is 16.2 Å². The van der Waals surface area contributed by atoms with Gasteiger partial charge in [-0.2, -0.15) is 0 Å². The summed E-state index contributed by atoms with van der Waals surface area (Å²) in [6.07, 6.45) is -1.41. The number of hydrogen-bond donors (Lipinski definition) is 3. The lowest BCUT2D eigenvalue weighted by Gasteiger charge is -2.06. The predicted molar refractivity (Wildman–Crippen MR) is 127 cm³/mol. The third-order valence-corrected chi connectivity index (χ3v) is 5.39. The number of aromatic nitrogens is 2. The zero-order valence-electron chi connectivity index (χ0n) is 18.7. The van der Waals surface area contributed by atoms with Crippen molar-refractivity contribution in [1.29, 1.82) is 0 Å². The van der Waals surface area contributed by atoms with Crippen LogP contribution in [0.15, 0.2) is 75.7 Å². The Balaban J connectivity index is 1.62. The quantitative estimate of drug-likeness (QED) is 0.194. The summed E-state index contributed by atoms with van der Waals surface area (Å²) in [7, 11) is 0. The van der Waals surface area contributed by atoms with E-state index in [1.54, 1.807) is 37.3 Å². The van der Waals surface area contributed by atoms with Gasteiger partial charge in [0.2, 0.25) is 0 Å². The van der Waals surface area contributed by atoms with Gasteiger partial charge in [-0.15, -0.1) is 10.2 Å². The summed E-state index contributed by atoms with van der Waals surface area (Å²) < 4.78 is 6.08. The van der Waals surface area contributed by atoms with E-state index in [2.05, 4.69) is 20.1 Å². The van der Waals surface area contributed by atoms with Crippen molar-refractivity contribution in [3.8, 4) is 28.3 Å². The normalized spacial score (nSPS) is 11.1. The fraction of sp³-hybridized carbons (Fsp3) is 0.120. The number of azo groups is 1. The molecule has 0 unspecified atom stereocenters. The molecule has 0 aliphatic rings. The molecule has 3 aromatic carbocycles. The minimum Gasteiger partial charge on any atom is -0.506 e. The predicted octanol–water partition coefficient (Wildman–Crippen LogP) is 5.94. The van der Waals surface area contributed by atoms with Crippen LogP contribution in [-0.2, 0) is 0 Å². The maximum absolute atomic E-state index is 12.9. The van der Waals surface area contributed by atoms with Crippen LogP contribution in [0.3, 0.4) is 0 Å². The molecule has 0 saturated heterocycles. The van der Waals surface area contributed by atoms with Crippen molar-refractivity contribution in [2.24, 2.45) is 10.2 Å². The maximum Gasteiger partial charge on any atom is 0.511 e. The molecule has 0 amide bonds. The van der Waals surface area contributed by atoms with Gasteiger partial charge < -0.3 is 14.9 Å². The molecule has 0 aliphatic carbocycles. The van der Waals surface area contributed by atoms with Crippen LogP contribution in [0.5, 0.6) is 11.5 Å². The molecule has 3 N–H and O–H groups in total. The number of hydrogen-bond acceptors (Lipinski definition) is 6. The van der Waals surface area contributed by atoms with Gasteiger partial charge in [-0.05, 0) is 79.4 Å². The molecule has 9 heteroatoms. The van der Waals surface area contributed by atoms with Gasteiger partial charge in [0.05, 0.1) is 11.4 Å². The number of nitrogens with one attached hydrogen (secondary N) is 1. The smallest absolute Gasteiger partial charge is 0.506 e. The molecular formula is C25H22N4O5. The Morgan fingerprint density at radius 2 is 1.71 bits per heavy atom. The van der Waals surface area contributed by atoms with Crippen molar-refractivity contribution in [2.45, 2.75) is 20.8 Å². The molecule has 172 valence electrons. The number of benzene rings is 3. The van der Waals surface area contributed by atoms with E-state index in [0.717, 1.165) is 11.1 Å². The molecular weight excluding hydrogens is 436 g/mol. The van der Waals surface area contributed by atoms with Crippen molar-refractivity contribution < 1.29 is 19.7 Å². The second-order valence-corrected chi connectivity index (χ2v) is 7.79. The molecule has 0 radical (unpaired) electrons. The van der Waals surface area contributed by atoms with E-state index < -0.39 is 6.16 Å². The molecule has 0 bridgehead atoms. The third kappa shape index (κ3) is 4.58. The molecule has 0 fully saturated rings. The fourth-order valence-corrected chi connectivity index (χ4v) is 3.43. The Hall–Kier alpha value is -4.66. The highest BCUT2D eigenvalue weighted by atomic mass is 16.7. The third-order valence-electron chi connectivity index (χ3n) is 5.39. The zero-order chi connectivity index (χ0) is 24.4. The van der Waals surface area contributed by atoms with Crippen LogP contribution in [0, 0.1) is 20.8 Å².